The normalized spacial score (nSPS) is 13.7. The van der Waals surface area contributed by atoms with Crippen molar-refractivity contribution >= 4 is 0 Å². The topological polar surface area (TPSA) is 12.0 Å². The van der Waals surface area contributed by atoms with Gasteiger partial charge in [0.15, 0.2) is 0 Å². The van der Waals surface area contributed by atoms with Gasteiger partial charge in [0.1, 0.15) is 5.83 Å². The first-order valence-electron chi connectivity index (χ1n) is 4.35. The van der Waals surface area contributed by atoms with E-state index in [9.17, 15) is 4.39 Å². The molecule has 0 aliphatic heterocycles. The highest BCUT2D eigenvalue weighted by Gasteiger charge is 2.11. The van der Waals surface area contributed by atoms with Crippen molar-refractivity contribution in [2.24, 2.45) is 0 Å². The molecule has 0 aliphatic carbocycles. The van der Waals surface area contributed by atoms with Crippen LogP contribution in [-0.2, 0) is 0 Å². The van der Waals surface area contributed by atoms with Crippen molar-refractivity contribution in [3.63, 3.8) is 0 Å². The van der Waals surface area contributed by atoms with E-state index in [2.05, 4.69) is 25.7 Å². The molecule has 0 heterocycles. The molecule has 0 spiro atoms. The Morgan fingerprint density at radius 3 is 2.62 bits per heavy atom. The van der Waals surface area contributed by atoms with Gasteiger partial charge in [-0.2, -0.15) is 0 Å². The molecule has 2 heteroatoms. The zero-order chi connectivity index (χ0) is 10.3. The van der Waals surface area contributed by atoms with Crippen molar-refractivity contribution in [2.45, 2.75) is 25.8 Å². The van der Waals surface area contributed by atoms with E-state index in [1.807, 2.05) is 13.1 Å². The first-order valence-corrected chi connectivity index (χ1v) is 4.35. The molecule has 0 bridgehead atoms. The molecular weight excluding hydrogens is 165 g/mol. The molecule has 1 N–H and O–H groups in total. The van der Waals surface area contributed by atoms with E-state index in [0.717, 1.165) is 6.42 Å². The van der Waals surface area contributed by atoms with Gasteiger partial charge in [0, 0.05) is 5.54 Å². The molecular formula is C11H18FN. The molecule has 74 valence electrons. The van der Waals surface area contributed by atoms with Gasteiger partial charge >= 0.3 is 0 Å². The van der Waals surface area contributed by atoms with Gasteiger partial charge in [0.2, 0.25) is 0 Å². The van der Waals surface area contributed by atoms with Gasteiger partial charge in [0.25, 0.3) is 0 Å². The van der Waals surface area contributed by atoms with E-state index >= 15 is 0 Å². The Morgan fingerprint density at radius 2 is 2.15 bits per heavy atom. The minimum Gasteiger partial charge on any atom is -0.315 e. The van der Waals surface area contributed by atoms with E-state index in [-0.39, 0.29) is 11.4 Å². The minimum absolute atomic E-state index is 0.0188. The highest BCUT2D eigenvalue weighted by atomic mass is 19.1. The minimum atomic E-state index is -0.262. The molecule has 0 aromatic heterocycles. The van der Waals surface area contributed by atoms with E-state index in [1.165, 1.54) is 18.2 Å². The molecule has 0 atom stereocenters. The first-order chi connectivity index (χ1) is 6.02. The van der Waals surface area contributed by atoms with E-state index in [4.69, 9.17) is 0 Å². The van der Waals surface area contributed by atoms with Crippen molar-refractivity contribution in [3.8, 4) is 0 Å². The lowest BCUT2D eigenvalue weighted by atomic mass is 10.0. The molecule has 0 aliphatic rings. The SMILES string of the molecule is C=C/C=C(F)\C=C/CC(C)(C)NC. The number of hydrogen-bond acceptors (Lipinski definition) is 1. The Bertz CT molecular complexity index is 214. The predicted octanol–water partition coefficient (Wildman–Crippen LogP) is 2.97. The quantitative estimate of drug-likeness (QED) is 0.646. The van der Waals surface area contributed by atoms with Gasteiger partial charge < -0.3 is 5.32 Å². The van der Waals surface area contributed by atoms with Crippen molar-refractivity contribution in [2.75, 3.05) is 7.05 Å². The summed E-state index contributed by atoms with van der Waals surface area (Å²) in [5.74, 6) is -0.262. The Kier molecular flexibility index (Phi) is 5.31. The second-order valence-electron chi connectivity index (χ2n) is 3.53. The van der Waals surface area contributed by atoms with Crippen LogP contribution in [0, 0.1) is 0 Å². The summed E-state index contributed by atoms with van der Waals surface area (Å²) in [6.45, 7) is 7.53. The summed E-state index contributed by atoms with van der Waals surface area (Å²) >= 11 is 0. The van der Waals surface area contributed by atoms with E-state index in [0.29, 0.717) is 0 Å². The van der Waals surface area contributed by atoms with Crippen molar-refractivity contribution < 1.29 is 4.39 Å². The number of nitrogens with one attached hydrogen (secondary N) is 1. The van der Waals surface area contributed by atoms with Crippen LogP contribution in [0.1, 0.15) is 20.3 Å². The zero-order valence-electron chi connectivity index (χ0n) is 8.60. The fourth-order valence-corrected chi connectivity index (χ4v) is 0.736. The second-order valence-corrected chi connectivity index (χ2v) is 3.53. The van der Waals surface area contributed by atoms with E-state index in [1.54, 1.807) is 0 Å². The summed E-state index contributed by atoms with van der Waals surface area (Å²) in [4.78, 5) is 0. The molecule has 0 fully saturated rings. The summed E-state index contributed by atoms with van der Waals surface area (Å²) in [6.07, 6.45) is 6.83. The summed E-state index contributed by atoms with van der Waals surface area (Å²) in [5.41, 5.74) is 0.0188. The molecule has 13 heavy (non-hydrogen) atoms. The average molecular weight is 183 g/mol. The summed E-state index contributed by atoms with van der Waals surface area (Å²) in [6, 6.07) is 0. The van der Waals surface area contributed by atoms with Crippen LogP contribution in [0.4, 0.5) is 4.39 Å². The van der Waals surface area contributed by atoms with Crippen LogP contribution < -0.4 is 5.32 Å². The van der Waals surface area contributed by atoms with Gasteiger partial charge in [-0.1, -0.05) is 18.7 Å². The monoisotopic (exact) mass is 183 g/mol. The van der Waals surface area contributed by atoms with Crippen LogP contribution in [0.5, 0.6) is 0 Å². The summed E-state index contributed by atoms with van der Waals surface area (Å²) < 4.78 is 12.8. The lowest BCUT2D eigenvalue weighted by Gasteiger charge is -2.21. The molecule has 0 radical (unpaired) electrons. The molecule has 0 unspecified atom stereocenters. The molecule has 0 amide bonds. The Balaban J connectivity index is 4.01. The third-order valence-corrected chi connectivity index (χ3v) is 1.86. The van der Waals surface area contributed by atoms with E-state index < -0.39 is 0 Å². The standard InChI is InChI=1S/C11H18FN/c1-5-7-10(12)8-6-9-11(2,3)13-4/h5-8,13H,1,9H2,2-4H3/b8-6-,10-7+. The van der Waals surface area contributed by atoms with Gasteiger partial charge in [-0.05, 0) is 39.5 Å². The summed E-state index contributed by atoms with van der Waals surface area (Å²) in [7, 11) is 1.89. The van der Waals surface area contributed by atoms with Crippen LogP contribution in [0.25, 0.3) is 0 Å². The first kappa shape index (κ1) is 12.1. The molecule has 1 nitrogen and oxygen atoms in total. The van der Waals surface area contributed by atoms with Crippen LogP contribution in [0.3, 0.4) is 0 Å². The van der Waals surface area contributed by atoms with Crippen LogP contribution >= 0.6 is 0 Å². The number of halogens is 1. The Hall–Kier alpha value is -0.890. The fraction of sp³-hybridized carbons (Fsp3) is 0.455. The number of allylic oxidation sites excluding steroid dienone is 4. The molecule has 0 saturated carbocycles. The van der Waals surface area contributed by atoms with Crippen molar-refractivity contribution in [3.05, 3.63) is 36.7 Å². The third kappa shape index (κ3) is 6.29. The highest BCUT2D eigenvalue weighted by molar-refractivity contribution is 5.16. The molecule has 0 aromatic carbocycles. The van der Waals surface area contributed by atoms with Crippen LogP contribution in [0.2, 0.25) is 0 Å². The molecule has 0 aromatic rings. The lowest BCUT2D eigenvalue weighted by molar-refractivity contribution is 0.429. The Labute approximate surface area is 80.0 Å². The molecule has 0 rings (SSSR count). The van der Waals surface area contributed by atoms with Crippen LogP contribution in [-0.4, -0.2) is 12.6 Å². The smallest absolute Gasteiger partial charge is 0.122 e. The number of hydrogen-bond donors (Lipinski definition) is 1. The summed E-state index contributed by atoms with van der Waals surface area (Å²) in [5, 5.41) is 3.13. The lowest BCUT2D eigenvalue weighted by Crippen LogP contribution is -2.35. The largest absolute Gasteiger partial charge is 0.315 e. The maximum atomic E-state index is 12.8. The predicted molar refractivity (Wildman–Crippen MR) is 56.3 cm³/mol. The van der Waals surface area contributed by atoms with Gasteiger partial charge in [-0.15, -0.1) is 0 Å². The van der Waals surface area contributed by atoms with Crippen LogP contribution in [0.15, 0.2) is 36.7 Å². The second kappa shape index (κ2) is 5.70. The van der Waals surface area contributed by atoms with Crippen molar-refractivity contribution in [1.29, 1.82) is 0 Å². The zero-order valence-corrected chi connectivity index (χ0v) is 8.60. The highest BCUT2D eigenvalue weighted by Crippen LogP contribution is 2.09. The maximum Gasteiger partial charge on any atom is 0.122 e. The Morgan fingerprint density at radius 1 is 1.54 bits per heavy atom. The third-order valence-electron chi connectivity index (χ3n) is 1.86. The average Bonchev–Trinajstić information content (AvgIpc) is 2.05. The van der Waals surface area contributed by atoms with Gasteiger partial charge in [-0.25, -0.2) is 4.39 Å². The number of rotatable bonds is 5. The fourth-order valence-electron chi connectivity index (χ4n) is 0.736. The molecule has 0 saturated heterocycles. The van der Waals surface area contributed by atoms with Crippen molar-refractivity contribution in [1.82, 2.24) is 5.32 Å². The maximum absolute atomic E-state index is 12.8. The van der Waals surface area contributed by atoms with Gasteiger partial charge in [-0.3, -0.25) is 0 Å². The van der Waals surface area contributed by atoms with Gasteiger partial charge in [0.05, 0.1) is 0 Å².